The number of aromatic nitrogens is 2. The average Bonchev–Trinajstić information content (AvgIpc) is 3.22. The van der Waals surface area contributed by atoms with E-state index < -0.39 is 10.0 Å². The molecule has 2 heterocycles. The smallest absolute Gasteiger partial charge is 0.324 e. The molecule has 158 valence electrons. The van der Waals surface area contributed by atoms with Crippen molar-refractivity contribution in [2.45, 2.75) is 11.3 Å². The minimum absolute atomic E-state index is 0.229. The number of piperazine rings is 1. The summed E-state index contributed by atoms with van der Waals surface area (Å²) in [5, 5.41) is 3.95. The van der Waals surface area contributed by atoms with Crippen molar-refractivity contribution in [2.24, 2.45) is 0 Å². The standard InChI is InChI=1S/C20H21FN4O4S/c1-28-17-5-7-18(8-6-17)30(26,27)25-11-9-24(10-12-25)20-22-19(23-29-20)14-15-3-2-4-16(21)13-15/h2-8,13H,9-12,14H2,1H3. The lowest BCUT2D eigenvalue weighted by atomic mass is 10.1. The van der Waals surface area contributed by atoms with E-state index in [-0.39, 0.29) is 10.7 Å². The molecular formula is C20H21FN4O4S. The zero-order valence-corrected chi connectivity index (χ0v) is 17.2. The predicted molar refractivity (Wildman–Crippen MR) is 107 cm³/mol. The fraction of sp³-hybridized carbons (Fsp3) is 0.300. The van der Waals surface area contributed by atoms with Crippen LogP contribution >= 0.6 is 0 Å². The maximum atomic E-state index is 13.3. The molecule has 2 aromatic carbocycles. The van der Waals surface area contributed by atoms with Gasteiger partial charge in [-0.2, -0.15) is 9.29 Å². The number of hydrogen-bond acceptors (Lipinski definition) is 7. The van der Waals surface area contributed by atoms with Crippen molar-refractivity contribution in [3.05, 3.63) is 65.7 Å². The highest BCUT2D eigenvalue weighted by atomic mass is 32.2. The number of ether oxygens (including phenoxy) is 1. The van der Waals surface area contributed by atoms with Gasteiger partial charge in [-0.25, -0.2) is 12.8 Å². The Hall–Kier alpha value is -2.98. The number of nitrogens with zero attached hydrogens (tertiary/aromatic N) is 4. The van der Waals surface area contributed by atoms with Gasteiger partial charge in [0.2, 0.25) is 10.0 Å². The van der Waals surface area contributed by atoms with Gasteiger partial charge in [-0.05, 0) is 42.0 Å². The van der Waals surface area contributed by atoms with Crippen molar-refractivity contribution in [3.8, 4) is 5.75 Å². The van der Waals surface area contributed by atoms with E-state index >= 15 is 0 Å². The first-order valence-electron chi connectivity index (χ1n) is 9.42. The summed E-state index contributed by atoms with van der Waals surface area (Å²) in [6.07, 6.45) is 0.354. The third-order valence-electron chi connectivity index (χ3n) is 4.92. The molecule has 0 radical (unpaired) electrons. The molecule has 3 aromatic rings. The van der Waals surface area contributed by atoms with E-state index in [0.29, 0.717) is 50.2 Å². The van der Waals surface area contributed by atoms with Crippen LogP contribution in [0.25, 0.3) is 0 Å². The molecule has 10 heteroatoms. The Morgan fingerprint density at radius 2 is 1.83 bits per heavy atom. The maximum Gasteiger partial charge on any atom is 0.324 e. The minimum atomic E-state index is -3.58. The Morgan fingerprint density at radius 3 is 2.50 bits per heavy atom. The molecule has 8 nitrogen and oxygen atoms in total. The Balaban J connectivity index is 1.39. The van der Waals surface area contributed by atoms with Crippen LogP contribution in [0.1, 0.15) is 11.4 Å². The van der Waals surface area contributed by atoms with Crippen molar-refractivity contribution in [2.75, 3.05) is 38.2 Å². The molecule has 1 aromatic heterocycles. The van der Waals surface area contributed by atoms with Crippen LogP contribution in [-0.4, -0.2) is 56.2 Å². The molecule has 4 rings (SSSR count). The van der Waals surface area contributed by atoms with Crippen molar-refractivity contribution in [1.82, 2.24) is 14.4 Å². The SMILES string of the molecule is COc1ccc(S(=O)(=O)N2CCN(c3nc(Cc4cccc(F)c4)no3)CC2)cc1. The molecule has 1 aliphatic rings. The minimum Gasteiger partial charge on any atom is -0.497 e. The molecular weight excluding hydrogens is 411 g/mol. The molecule has 0 unspecified atom stereocenters. The fourth-order valence-electron chi connectivity index (χ4n) is 3.29. The monoisotopic (exact) mass is 432 g/mol. The maximum absolute atomic E-state index is 13.3. The number of halogens is 1. The van der Waals surface area contributed by atoms with Crippen LogP contribution in [0.15, 0.2) is 57.9 Å². The molecule has 30 heavy (non-hydrogen) atoms. The zero-order chi connectivity index (χ0) is 21.1. The van der Waals surface area contributed by atoms with E-state index in [4.69, 9.17) is 9.26 Å². The number of methoxy groups -OCH3 is 1. The molecule has 0 N–H and O–H groups in total. The van der Waals surface area contributed by atoms with E-state index in [9.17, 15) is 12.8 Å². The lowest BCUT2D eigenvalue weighted by molar-refractivity contribution is 0.353. The predicted octanol–water partition coefficient (Wildman–Crippen LogP) is 2.32. The first-order valence-corrected chi connectivity index (χ1v) is 10.9. The van der Waals surface area contributed by atoms with Crippen LogP contribution in [-0.2, 0) is 16.4 Å². The van der Waals surface area contributed by atoms with Crippen LogP contribution in [0.3, 0.4) is 0 Å². The van der Waals surface area contributed by atoms with Crippen molar-refractivity contribution in [3.63, 3.8) is 0 Å². The van der Waals surface area contributed by atoms with Crippen LogP contribution in [0, 0.1) is 5.82 Å². The first kappa shape index (κ1) is 20.3. The summed E-state index contributed by atoms with van der Waals surface area (Å²) in [4.78, 5) is 6.45. The van der Waals surface area contributed by atoms with E-state index in [1.807, 2.05) is 4.90 Å². The molecule has 0 spiro atoms. The Labute approximate surface area is 173 Å². The number of rotatable bonds is 6. The van der Waals surface area contributed by atoms with Crippen LogP contribution in [0.4, 0.5) is 10.4 Å². The van der Waals surface area contributed by atoms with Gasteiger partial charge in [0.05, 0.1) is 12.0 Å². The highest BCUT2D eigenvalue weighted by Gasteiger charge is 2.30. The molecule has 1 saturated heterocycles. The molecule has 0 amide bonds. The van der Waals surface area contributed by atoms with Crippen molar-refractivity contribution in [1.29, 1.82) is 0 Å². The summed E-state index contributed by atoms with van der Waals surface area (Å²) >= 11 is 0. The van der Waals surface area contributed by atoms with Crippen LogP contribution in [0.2, 0.25) is 0 Å². The summed E-state index contributed by atoms with van der Waals surface area (Å²) in [6, 6.07) is 12.9. The number of anilines is 1. The third-order valence-corrected chi connectivity index (χ3v) is 6.83. The lowest BCUT2D eigenvalue weighted by Gasteiger charge is -2.32. The van der Waals surface area contributed by atoms with E-state index in [1.54, 1.807) is 24.3 Å². The van der Waals surface area contributed by atoms with E-state index in [2.05, 4.69) is 10.1 Å². The number of sulfonamides is 1. The molecule has 0 saturated carbocycles. The average molecular weight is 432 g/mol. The second-order valence-electron chi connectivity index (χ2n) is 6.87. The highest BCUT2D eigenvalue weighted by Crippen LogP contribution is 2.22. The van der Waals surface area contributed by atoms with E-state index in [1.165, 1.54) is 35.7 Å². The van der Waals surface area contributed by atoms with Gasteiger partial charge in [-0.3, -0.25) is 0 Å². The second kappa shape index (κ2) is 8.41. The van der Waals surface area contributed by atoms with Crippen LogP contribution < -0.4 is 9.64 Å². The van der Waals surface area contributed by atoms with Gasteiger partial charge >= 0.3 is 6.01 Å². The fourth-order valence-corrected chi connectivity index (χ4v) is 4.71. The summed E-state index contributed by atoms with van der Waals surface area (Å²) in [7, 11) is -2.05. The Morgan fingerprint density at radius 1 is 1.10 bits per heavy atom. The zero-order valence-electron chi connectivity index (χ0n) is 16.4. The molecule has 1 aliphatic heterocycles. The highest BCUT2D eigenvalue weighted by molar-refractivity contribution is 7.89. The first-order chi connectivity index (χ1) is 14.5. The van der Waals surface area contributed by atoms with Gasteiger partial charge in [0.25, 0.3) is 0 Å². The van der Waals surface area contributed by atoms with Crippen molar-refractivity contribution < 1.29 is 22.1 Å². The number of benzene rings is 2. The molecule has 1 fully saturated rings. The summed E-state index contributed by atoms with van der Waals surface area (Å²) in [5.41, 5.74) is 0.748. The van der Waals surface area contributed by atoms with Crippen molar-refractivity contribution >= 4 is 16.0 Å². The van der Waals surface area contributed by atoms with E-state index in [0.717, 1.165) is 5.56 Å². The topological polar surface area (TPSA) is 88.8 Å². The van der Waals surface area contributed by atoms with Gasteiger partial charge in [0, 0.05) is 32.6 Å². The molecule has 0 aliphatic carbocycles. The molecule has 0 bridgehead atoms. The summed E-state index contributed by atoms with van der Waals surface area (Å²) < 4.78 is 50.9. The van der Waals surface area contributed by atoms with Gasteiger partial charge < -0.3 is 14.2 Å². The van der Waals surface area contributed by atoms with Gasteiger partial charge in [0.15, 0.2) is 5.82 Å². The summed E-state index contributed by atoms with van der Waals surface area (Å²) in [5.74, 6) is 0.735. The van der Waals surface area contributed by atoms with Crippen LogP contribution in [0.5, 0.6) is 5.75 Å². The molecule has 0 atom stereocenters. The Kier molecular flexibility index (Phi) is 5.69. The lowest BCUT2D eigenvalue weighted by Crippen LogP contribution is -2.48. The van der Waals surface area contributed by atoms with Gasteiger partial charge in [0.1, 0.15) is 11.6 Å². The second-order valence-corrected chi connectivity index (χ2v) is 8.80. The van der Waals surface area contributed by atoms with Gasteiger partial charge in [-0.1, -0.05) is 17.3 Å². The quantitative estimate of drug-likeness (QED) is 0.591. The van der Waals surface area contributed by atoms with Gasteiger partial charge in [-0.15, -0.1) is 0 Å². The largest absolute Gasteiger partial charge is 0.497 e. The number of hydrogen-bond donors (Lipinski definition) is 0. The third kappa shape index (κ3) is 4.29. The normalized spacial score (nSPS) is 15.3. The Bertz CT molecular complexity index is 1110. The summed E-state index contributed by atoms with van der Waals surface area (Å²) in [6.45, 7) is 1.46.